The van der Waals surface area contributed by atoms with Crippen molar-refractivity contribution in [3.05, 3.63) is 144 Å². The Morgan fingerprint density at radius 3 is 2.32 bits per heavy atom. The number of ether oxygens (including phenoxy) is 1. The van der Waals surface area contributed by atoms with Gasteiger partial charge in [0.1, 0.15) is 29.0 Å². The first-order valence-corrected chi connectivity index (χ1v) is 20.2. The van der Waals surface area contributed by atoms with Gasteiger partial charge < -0.3 is 34.2 Å². The number of likely N-dealkylation sites (tertiary alicyclic amines) is 2. The number of alkyl carbamates (subject to hydrolysis) is 1. The maximum Gasteiger partial charge on any atom is 0.407 e. The molecule has 0 radical (unpaired) electrons. The molecular formula is C47H45N7O5. The molecule has 9 rings (SSSR count). The van der Waals surface area contributed by atoms with Crippen LogP contribution in [0.1, 0.15) is 73.0 Å². The van der Waals surface area contributed by atoms with Crippen LogP contribution in [-0.4, -0.2) is 67.8 Å². The molecule has 2 fully saturated rings. The number of fused-ring (bicyclic) bond motifs is 1. The van der Waals surface area contributed by atoms with Gasteiger partial charge in [-0.15, -0.1) is 0 Å². The summed E-state index contributed by atoms with van der Waals surface area (Å²) in [5, 5.41) is 3.66. The largest absolute Gasteiger partial charge is 0.456 e. The molecular weight excluding hydrogens is 743 g/mol. The van der Waals surface area contributed by atoms with E-state index in [9.17, 15) is 14.4 Å². The summed E-state index contributed by atoms with van der Waals surface area (Å²) in [5.41, 5.74) is 6.98. The van der Waals surface area contributed by atoms with Crippen molar-refractivity contribution in [1.82, 2.24) is 35.1 Å². The number of furan rings is 1. The van der Waals surface area contributed by atoms with E-state index in [2.05, 4.69) is 33.5 Å². The van der Waals surface area contributed by atoms with Crippen LogP contribution in [0.25, 0.3) is 44.8 Å². The number of imidazole rings is 2. The third kappa shape index (κ3) is 7.85. The van der Waals surface area contributed by atoms with Gasteiger partial charge in [-0.1, -0.05) is 84.9 Å². The molecule has 0 spiro atoms. The van der Waals surface area contributed by atoms with E-state index in [0.717, 1.165) is 94.8 Å². The Hall–Kier alpha value is -6.95. The Labute approximate surface area is 341 Å². The predicted octanol–water partition coefficient (Wildman–Crippen LogP) is 8.94. The highest BCUT2D eigenvalue weighted by atomic mass is 16.5. The number of piperidine rings is 1. The molecule has 59 heavy (non-hydrogen) atoms. The lowest BCUT2D eigenvalue weighted by Gasteiger charge is -2.34. The van der Waals surface area contributed by atoms with Crippen molar-refractivity contribution in [2.45, 2.75) is 56.7 Å². The van der Waals surface area contributed by atoms with Gasteiger partial charge in [0, 0.05) is 35.8 Å². The third-order valence-corrected chi connectivity index (χ3v) is 11.5. The van der Waals surface area contributed by atoms with Crippen LogP contribution in [-0.2, 0) is 20.7 Å². The lowest BCUT2D eigenvalue weighted by Crippen LogP contribution is -2.42. The Morgan fingerprint density at radius 2 is 1.53 bits per heavy atom. The van der Waals surface area contributed by atoms with Crippen LogP contribution in [0.4, 0.5) is 4.79 Å². The monoisotopic (exact) mass is 787 g/mol. The molecule has 12 heteroatoms. The fourth-order valence-corrected chi connectivity index (χ4v) is 8.44. The van der Waals surface area contributed by atoms with Crippen molar-refractivity contribution in [2.75, 3.05) is 20.2 Å². The SMILES string of the molecule is COC(=O)N[C@@H](C(=O)N1CCC[C@H]1c1nc(-c2ccc3oc(-c4ccc(-c5cnc([C@@H]6CCCCN6C(=O)Cc6ccccc6)[nH]5)cc4)cc3c2)c[nH]1)c1ccccc1. The molecule has 3 amide bonds. The number of amides is 3. The lowest BCUT2D eigenvalue weighted by molar-refractivity contribution is -0.135. The molecule has 0 aliphatic carbocycles. The van der Waals surface area contributed by atoms with Crippen LogP contribution in [0.15, 0.2) is 126 Å². The third-order valence-electron chi connectivity index (χ3n) is 11.5. The second-order valence-electron chi connectivity index (χ2n) is 15.2. The average molecular weight is 788 g/mol. The van der Waals surface area contributed by atoms with E-state index >= 15 is 0 Å². The van der Waals surface area contributed by atoms with Gasteiger partial charge in [-0.3, -0.25) is 9.59 Å². The van der Waals surface area contributed by atoms with Crippen molar-refractivity contribution < 1.29 is 23.5 Å². The second-order valence-corrected chi connectivity index (χ2v) is 15.2. The summed E-state index contributed by atoms with van der Waals surface area (Å²) >= 11 is 0. The summed E-state index contributed by atoms with van der Waals surface area (Å²) in [7, 11) is 1.28. The number of carbonyl (C=O) groups is 3. The van der Waals surface area contributed by atoms with Crippen LogP contribution in [0, 0.1) is 0 Å². The molecule has 2 saturated heterocycles. The normalized spacial score (nSPS) is 17.2. The summed E-state index contributed by atoms with van der Waals surface area (Å²) in [6, 6.07) is 34.1. The molecule has 298 valence electrons. The van der Waals surface area contributed by atoms with Gasteiger partial charge in [0.2, 0.25) is 5.91 Å². The summed E-state index contributed by atoms with van der Waals surface area (Å²) in [5.74, 6) is 2.18. The predicted molar refractivity (Wildman–Crippen MR) is 224 cm³/mol. The highest BCUT2D eigenvalue weighted by molar-refractivity contribution is 5.88. The molecule has 3 aromatic heterocycles. The number of rotatable bonds is 10. The molecule has 12 nitrogen and oxygen atoms in total. The molecule has 0 saturated carbocycles. The standard InChI is InChI=1S/C47H45N7O5/c1-58-47(57)52-43(33-13-6-3-7-14-33)46(56)54-24-10-16-39(54)45-49-29-37(51-45)34-21-22-40-35(26-34)27-41(59-40)32-19-17-31(18-20-32)36-28-48-44(50-36)38-15-8-9-23-53(38)42(55)25-30-11-4-2-5-12-30/h2-7,11-14,17-22,26-29,38-39,43H,8-10,15-16,23-25H2,1H3,(H,48,50)(H,49,51)(H,52,57)/t38-,39-,43+/m0/s1. The number of nitrogens with zero attached hydrogens (tertiary/aromatic N) is 4. The number of hydrogen-bond acceptors (Lipinski definition) is 7. The Balaban J connectivity index is 0.885. The molecule has 3 N–H and O–H groups in total. The first-order chi connectivity index (χ1) is 28.9. The van der Waals surface area contributed by atoms with E-state index in [0.29, 0.717) is 24.4 Å². The van der Waals surface area contributed by atoms with E-state index in [1.54, 1.807) is 4.90 Å². The lowest BCUT2D eigenvalue weighted by atomic mass is 10.00. The Morgan fingerprint density at radius 1 is 0.814 bits per heavy atom. The summed E-state index contributed by atoms with van der Waals surface area (Å²) < 4.78 is 11.1. The van der Waals surface area contributed by atoms with Crippen molar-refractivity contribution >= 4 is 28.9 Å². The van der Waals surface area contributed by atoms with E-state index in [1.807, 2.05) is 108 Å². The van der Waals surface area contributed by atoms with Gasteiger partial charge >= 0.3 is 6.09 Å². The highest BCUT2D eigenvalue weighted by Gasteiger charge is 2.37. The number of nitrogens with one attached hydrogen (secondary N) is 3. The quantitative estimate of drug-likeness (QED) is 0.125. The molecule has 3 atom stereocenters. The van der Waals surface area contributed by atoms with E-state index < -0.39 is 12.1 Å². The van der Waals surface area contributed by atoms with Crippen LogP contribution in [0.5, 0.6) is 0 Å². The molecule has 4 aromatic carbocycles. The molecule has 7 aromatic rings. The average Bonchev–Trinajstić information content (AvgIpc) is 4.13. The zero-order valence-electron chi connectivity index (χ0n) is 32.8. The van der Waals surface area contributed by atoms with Gasteiger partial charge in [0.05, 0.1) is 43.2 Å². The van der Waals surface area contributed by atoms with Gasteiger partial charge in [-0.05, 0) is 73.1 Å². The maximum absolute atomic E-state index is 13.9. The first kappa shape index (κ1) is 37.6. The number of H-pyrrole nitrogens is 2. The minimum atomic E-state index is -0.882. The van der Waals surface area contributed by atoms with Crippen molar-refractivity contribution in [2.24, 2.45) is 0 Å². The van der Waals surface area contributed by atoms with E-state index in [-0.39, 0.29) is 23.9 Å². The number of aromatic amines is 2. The first-order valence-electron chi connectivity index (χ1n) is 20.2. The molecule has 0 bridgehead atoms. The fraction of sp³-hybridized carbons (Fsp3) is 0.255. The Bertz CT molecular complexity index is 2580. The summed E-state index contributed by atoms with van der Waals surface area (Å²) in [4.78, 5) is 59.9. The molecule has 5 heterocycles. The topological polar surface area (TPSA) is 149 Å². The number of benzene rings is 4. The smallest absolute Gasteiger partial charge is 0.407 e. The van der Waals surface area contributed by atoms with Crippen LogP contribution in [0.2, 0.25) is 0 Å². The number of methoxy groups -OCH3 is 1. The molecule has 2 aliphatic heterocycles. The van der Waals surface area contributed by atoms with Gasteiger partial charge in [0.25, 0.3) is 5.91 Å². The number of aromatic nitrogens is 4. The van der Waals surface area contributed by atoms with E-state index in [4.69, 9.17) is 19.1 Å². The van der Waals surface area contributed by atoms with Crippen molar-refractivity contribution in [1.29, 1.82) is 0 Å². The van der Waals surface area contributed by atoms with Gasteiger partial charge in [0.15, 0.2) is 0 Å². The fourth-order valence-electron chi connectivity index (χ4n) is 8.44. The van der Waals surface area contributed by atoms with Crippen molar-refractivity contribution in [3.8, 4) is 33.8 Å². The summed E-state index contributed by atoms with van der Waals surface area (Å²) in [6.07, 6.45) is 7.95. The molecule has 0 unspecified atom stereocenters. The molecule has 2 aliphatic rings. The van der Waals surface area contributed by atoms with Crippen molar-refractivity contribution in [3.63, 3.8) is 0 Å². The van der Waals surface area contributed by atoms with Crippen LogP contribution in [0.3, 0.4) is 0 Å². The highest BCUT2D eigenvalue weighted by Crippen LogP contribution is 2.36. The zero-order chi connectivity index (χ0) is 40.3. The van der Waals surface area contributed by atoms with Gasteiger partial charge in [-0.25, -0.2) is 14.8 Å². The minimum Gasteiger partial charge on any atom is -0.456 e. The maximum atomic E-state index is 13.9. The zero-order valence-corrected chi connectivity index (χ0v) is 32.8. The number of carbonyl (C=O) groups excluding carboxylic acids is 3. The Kier molecular flexibility index (Phi) is 10.5. The summed E-state index contributed by atoms with van der Waals surface area (Å²) in [6.45, 7) is 1.29. The minimum absolute atomic E-state index is 0.0716. The number of hydrogen-bond donors (Lipinski definition) is 3. The van der Waals surface area contributed by atoms with E-state index in [1.165, 1.54) is 7.11 Å². The van der Waals surface area contributed by atoms with Crippen LogP contribution < -0.4 is 5.32 Å². The van der Waals surface area contributed by atoms with Gasteiger partial charge in [-0.2, -0.15) is 0 Å². The second kappa shape index (κ2) is 16.5. The van der Waals surface area contributed by atoms with Crippen LogP contribution >= 0.6 is 0 Å².